The number of ketones is 1. The van der Waals surface area contributed by atoms with E-state index in [-0.39, 0.29) is 22.7 Å². The van der Waals surface area contributed by atoms with Gasteiger partial charge >= 0.3 is 0 Å². The van der Waals surface area contributed by atoms with Crippen molar-refractivity contribution in [1.29, 1.82) is 0 Å². The minimum atomic E-state index is -3.65. The third-order valence-electron chi connectivity index (χ3n) is 4.35. The minimum Gasteiger partial charge on any atom is -0.372 e. The molecule has 12 heteroatoms. The molecule has 0 radical (unpaired) electrons. The van der Waals surface area contributed by atoms with Crippen LogP contribution in [0.25, 0.3) is 0 Å². The summed E-state index contributed by atoms with van der Waals surface area (Å²) in [5.74, 6) is -0.436. The Balaban J connectivity index is 2.16. The van der Waals surface area contributed by atoms with Gasteiger partial charge in [0.2, 0.25) is 10.0 Å². The molecule has 0 aliphatic rings. The van der Waals surface area contributed by atoms with Crippen molar-refractivity contribution in [3.05, 3.63) is 68.3 Å². The van der Waals surface area contributed by atoms with Gasteiger partial charge < -0.3 is 5.32 Å². The molecule has 2 rings (SSSR count). The summed E-state index contributed by atoms with van der Waals surface area (Å²) in [4.78, 5) is 32.8. The Morgan fingerprint density at radius 2 is 1.60 bits per heavy atom. The standard InChI is InChI=1S/C18H20N4O7S/c1-3-20(4-2)30(28,29)15-8-5-13(6-9-15)18(23)12-19-16-10-7-14(21(24)25)11-17(16)22(26)27/h5-11,19H,3-4,12H2,1-2H3. The number of nitro groups is 2. The average Bonchev–Trinajstić information content (AvgIpc) is 2.72. The SMILES string of the molecule is CCN(CC)S(=O)(=O)c1ccc(C(=O)CNc2ccc([N+](=O)[O-])cc2[N+](=O)[O-])cc1. The number of sulfonamides is 1. The highest BCUT2D eigenvalue weighted by molar-refractivity contribution is 7.89. The summed E-state index contributed by atoms with van der Waals surface area (Å²) in [6.07, 6.45) is 0. The van der Waals surface area contributed by atoms with E-state index < -0.39 is 37.0 Å². The molecular weight excluding hydrogens is 416 g/mol. The molecule has 11 nitrogen and oxygen atoms in total. The van der Waals surface area contributed by atoms with Gasteiger partial charge in [0, 0.05) is 24.7 Å². The fraction of sp³-hybridized carbons (Fsp3) is 0.278. The Kier molecular flexibility index (Phi) is 7.19. The monoisotopic (exact) mass is 436 g/mol. The van der Waals surface area contributed by atoms with Gasteiger partial charge in [-0.3, -0.25) is 25.0 Å². The number of rotatable bonds is 10. The number of carbonyl (C=O) groups excluding carboxylic acids is 1. The van der Waals surface area contributed by atoms with Crippen molar-refractivity contribution in [2.45, 2.75) is 18.7 Å². The maximum Gasteiger partial charge on any atom is 0.299 e. The van der Waals surface area contributed by atoms with Gasteiger partial charge in [0.1, 0.15) is 5.69 Å². The Bertz CT molecular complexity index is 1060. The third kappa shape index (κ3) is 4.96. The summed E-state index contributed by atoms with van der Waals surface area (Å²) in [7, 11) is -3.65. The average molecular weight is 436 g/mol. The number of Topliss-reactive ketones (excluding diaryl/α,β-unsaturated/α-hetero) is 1. The molecule has 2 aromatic carbocycles. The number of hydrogen-bond acceptors (Lipinski definition) is 8. The van der Waals surface area contributed by atoms with E-state index in [0.29, 0.717) is 13.1 Å². The molecule has 0 amide bonds. The molecule has 0 unspecified atom stereocenters. The largest absolute Gasteiger partial charge is 0.372 e. The zero-order chi connectivity index (χ0) is 22.5. The number of carbonyl (C=O) groups is 1. The van der Waals surface area contributed by atoms with Crippen LogP contribution in [0.15, 0.2) is 47.4 Å². The second-order valence-electron chi connectivity index (χ2n) is 6.11. The lowest BCUT2D eigenvalue weighted by Gasteiger charge is -2.18. The van der Waals surface area contributed by atoms with Crippen LogP contribution in [0.4, 0.5) is 17.1 Å². The van der Waals surface area contributed by atoms with Gasteiger partial charge in [0.25, 0.3) is 11.4 Å². The quantitative estimate of drug-likeness (QED) is 0.339. The molecule has 0 aliphatic heterocycles. The predicted molar refractivity (Wildman–Crippen MR) is 109 cm³/mol. The summed E-state index contributed by atoms with van der Waals surface area (Å²) in [5, 5.41) is 24.5. The first kappa shape index (κ1) is 22.9. The topological polar surface area (TPSA) is 153 Å². The predicted octanol–water partition coefficient (Wildman–Crippen LogP) is 2.83. The molecule has 160 valence electrons. The molecule has 0 spiro atoms. The van der Waals surface area contributed by atoms with E-state index in [1.807, 2.05) is 0 Å². The van der Waals surface area contributed by atoms with Gasteiger partial charge in [-0.2, -0.15) is 4.31 Å². The summed E-state index contributed by atoms with van der Waals surface area (Å²) in [6, 6.07) is 8.44. The zero-order valence-electron chi connectivity index (χ0n) is 16.3. The Morgan fingerprint density at radius 3 is 2.10 bits per heavy atom. The molecule has 0 fully saturated rings. The molecule has 30 heavy (non-hydrogen) atoms. The van der Waals surface area contributed by atoms with Crippen molar-refractivity contribution in [3.8, 4) is 0 Å². The molecule has 0 saturated carbocycles. The fourth-order valence-electron chi connectivity index (χ4n) is 2.74. The summed E-state index contributed by atoms with van der Waals surface area (Å²) >= 11 is 0. The first-order valence-electron chi connectivity index (χ1n) is 8.91. The number of nitrogens with zero attached hydrogens (tertiary/aromatic N) is 3. The highest BCUT2D eigenvalue weighted by atomic mass is 32.2. The maximum atomic E-state index is 12.5. The van der Waals surface area contributed by atoms with Gasteiger partial charge in [-0.1, -0.05) is 13.8 Å². The Hall–Kier alpha value is -3.38. The van der Waals surface area contributed by atoms with Gasteiger partial charge in [-0.25, -0.2) is 8.42 Å². The van der Waals surface area contributed by atoms with Crippen molar-refractivity contribution in [1.82, 2.24) is 4.31 Å². The number of anilines is 1. The highest BCUT2D eigenvalue weighted by Gasteiger charge is 2.22. The zero-order valence-corrected chi connectivity index (χ0v) is 17.1. The van der Waals surface area contributed by atoms with Crippen LogP contribution in [0.5, 0.6) is 0 Å². The third-order valence-corrected chi connectivity index (χ3v) is 6.41. The molecule has 0 bridgehead atoms. The lowest BCUT2D eigenvalue weighted by atomic mass is 10.1. The van der Waals surface area contributed by atoms with E-state index in [2.05, 4.69) is 5.32 Å². The molecule has 2 aromatic rings. The highest BCUT2D eigenvalue weighted by Crippen LogP contribution is 2.29. The summed E-state index contributed by atoms with van der Waals surface area (Å²) < 4.78 is 26.3. The second-order valence-corrected chi connectivity index (χ2v) is 8.04. The molecule has 0 atom stereocenters. The Morgan fingerprint density at radius 1 is 1.00 bits per heavy atom. The van der Waals surface area contributed by atoms with E-state index in [1.54, 1.807) is 13.8 Å². The number of hydrogen-bond donors (Lipinski definition) is 1. The normalized spacial score (nSPS) is 11.3. The number of non-ortho nitro benzene ring substituents is 1. The van der Waals surface area contributed by atoms with E-state index in [9.17, 15) is 33.4 Å². The second kappa shape index (κ2) is 9.41. The minimum absolute atomic E-state index is 0.0420. The van der Waals surface area contributed by atoms with Gasteiger partial charge in [0.05, 0.1) is 27.4 Å². The molecule has 1 N–H and O–H groups in total. The van der Waals surface area contributed by atoms with Crippen LogP contribution >= 0.6 is 0 Å². The van der Waals surface area contributed by atoms with Crippen molar-refractivity contribution >= 4 is 32.9 Å². The molecule has 0 heterocycles. The van der Waals surface area contributed by atoms with Gasteiger partial charge in [-0.05, 0) is 30.3 Å². The van der Waals surface area contributed by atoms with E-state index in [1.165, 1.54) is 28.6 Å². The van der Waals surface area contributed by atoms with E-state index in [0.717, 1.165) is 18.2 Å². The number of benzene rings is 2. The maximum absolute atomic E-state index is 12.5. The number of nitro benzene ring substituents is 2. The van der Waals surface area contributed by atoms with E-state index in [4.69, 9.17) is 0 Å². The lowest BCUT2D eigenvalue weighted by molar-refractivity contribution is -0.393. The summed E-state index contributed by atoms with van der Waals surface area (Å²) in [5.41, 5.74) is -0.800. The van der Waals surface area contributed by atoms with Crippen LogP contribution in [-0.4, -0.2) is 48.0 Å². The van der Waals surface area contributed by atoms with Crippen LogP contribution in [0.2, 0.25) is 0 Å². The summed E-state index contributed by atoms with van der Waals surface area (Å²) in [6.45, 7) is 3.76. The molecule has 0 saturated heterocycles. The smallest absolute Gasteiger partial charge is 0.299 e. The van der Waals surface area contributed by atoms with E-state index >= 15 is 0 Å². The fourth-order valence-corrected chi connectivity index (χ4v) is 4.20. The molecular formula is C18H20N4O7S. The van der Waals surface area contributed by atoms with Crippen LogP contribution in [-0.2, 0) is 10.0 Å². The van der Waals surface area contributed by atoms with Crippen LogP contribution in [0.3, 0.4) is 0 Å². The van der Waals surface area contributed by atoms with Crippen molar-refractivity contribution in [2.75, 3.05) is 25.0 Å². The van der Waals surface area contributed by atoms with Crippen molar-refractivity contribution in [2.24, 2.45) is 0 Å². The Labute approximate surface area is 172 Å². The van der Waals surface area contributed by atoms with Crippen molar-refractivity contribution < 1.29 is 23.1 Å². The molecule has 0 aliphatic carbocycles. The molecule has 0 aromatic heterocycles. The van der Waals surface area contributed by atoms with Crippen LogP contribution in [0, 0.1) is 20.2 Å². The van der Waals surface area contributed by atoms with Crippen LogP contribution in [0.1, 0.15) is 24.2 Å². The van der Waals surface area contributed by atoms with Gasteiger partial charge in [0.15, 0.2) is 5.78 Å². The lowest BCUT2D eigenvalue weighted by Crippen LogP contribution is -2.30. The first-order valence-corrected chi connectivity index (χ1v) is 10.4. The van der Waals surface area contributed by atoms with Crippen LogP contribution < -0.4 is 5.32 Å². The first-order chi connectivity index (χ1) is 14.1. The van der Waals surface area contributed by atoms with Gasteiger partial charge in [-0.15, -0.1) is 0 Å². The van der Waals surface area contributed by atoms with Crippen molar-refractivity contribution in [3.63, 3.8) is 0 Å². The number of nitrogens with one attached hydrogen (secondary N) is 1.